The van der Waals surface area contributed by atoms with Gasteiger partial charge in [0, 0.05) is 17.1 Å². The summed E-state index contributed by atoms with van der Waals surface area (Å²) in [5.74, 6) is 0.0632. The molecule has 3 nitrogen and oxygen atoms in total. The topological polar surface area (TPSA) is 42.4 Å². The quantitative estimate of drug-likeness (QED) is 0.770. The Balaban J connectivity index is 2.28. The smallest absolute Gasteiger partial charge is 0.161 e. The zero-order chi connectivity index (χ0) is 14.1. The van der Waals surface area contributed by atoms with Crippen molar-refractivity contribution in [1.29, 1.82) is 0 Å². The van der Waals surface area contributed by atoms with Gasteiger partial charge in [0.15, 0.2) is 11.5 Å². The predicted octanol–water partition coefficient (Wildman–Crippen LogP) is 3.76. The van der Waals surface area contributed by atoms with Crippen LogP contribution in [-0.2, 0) is 0 Å². The number of ether oxygens (including phenoxy) is 1. The van der Waals surface area contributed by atoms with Crippen molar-refractivity contribution in [2.45, 2.75) is 0 Å². The molecule has 0 unspecified atom stereocenters. The maximum Gasteiger partial charge on any atom is 0.161 e. The molecular formula is C16H12FNO2. The minimum Gasteiger partial charge on any atom is -0.504 e. The number of phenols is 1. The Bertz CT molecular complexity index is 787. The summed E-state index contributed by atoms with van der Waals surface area (Å²) in [4.78, 5) is 4.31. The molecule has 100 valence electrons. The summed E-state index contributed by atoms with van der Waals surface area (Å²) >= 11 is 0. The van der Waals surface area contributed by atoms with Crippen molar-refractivity contribution < 1.29 is 14.2 Å². The Hall–Kier alpha value is -2.62. The van der Waals surface area contributed by atoms with Crippen LogP contribution in [0.3, 0.4) is 0 Å². The monoisotopic (exact) mass is 269 g/mol. The lowest BCUT2D eigenvalue weighted by Crippen LogP contribution is -1.89. The van der Waals surface area contributed by atoms with Gasteiger partial charge in [-0.1, -0.05) is 12.1 Å². The Morgan fingerprint density at radius 2 is 2.00 bits per heavy atom. The van der Waals surface area contributed by atoms with Crippen LogP contribution >= 0.6 is 0 Å². The highest BCUT2D eigenvalue weighted by Gasteiger charge is 2.10. The molecule has 2 aromatic carbocycles. The highest BCUT2D eigenvalue weighted by molar-refractivity contribution is 5.93. The molecule has 0 fully saturated rings. The van der Waals surface area contributed by atoms with Gasteiger partial charge in [-0.25, -0.2) is 4.39 Å². The van der Waals surface area contributed by atoms with Gasteiger partial charge in [-0.3, -0.25) is 4.98 Å². The van der Waals surface area contributed by atoms with Crippen molar-refractivity contribution in [3.63, 3.8) is 0 Å². The van der Waals surface area contributed by atoms with Gasteiger partial charge in [0.05, 0.1) is 12.6 Å². The van der Waals surface area contributed by atoms with Crippen molar-refractivity contribution in [2.24, 2.45) is 0 Å². The second-order valence-electron chi connectivity index (χ2n) is 4.42. The van der Waals surface area contributed by atoms with Crippen LogP contribution in [0.1, 0.15) is 0 Å². The number of fused-ring (bicyclic) bond motifs is 1. The van der Waals surface area contributed by atoms with Gasteiger partial charge < -0.3 is 9.84 Å². The summed E-state index contributed by atoms with van der Waals surface area (Å²) in [6.45, 7) is 0. The number of benzene rings is 2. The van der Waals surface area contributed by atoms with Gasteiger partial charge in [0.1, 0.15) is 5.82 Å². The molecule has 0 saturated heterocycles. The van der Waals surface area contributed by atoms with E-state index >= 15 is 0 Å². The van der Waals surface area contributed by atoms with Crippen LogP contribution in [0.15, 0.2) is 48.7 Å². The van der Waals surface area contributed by atoms with E-state index in [0.717, 1.165) is 10.9 Å². The average molecular weight is 269 g/mol. The van der Waals surface area contributed by atoms with Crippen LogP contribution < -0.4 is 4.74 Å². The van der Waals surface area contributed by atoms with E-state index in [-0.39, 0.29) is 11.6 Å². The third-order valence-corrected chi connectivity index (χ3v) is 3.16. The van der Waals surface area contributed by atoms with E-state index < -0.39 is 0 Å². The summed E-state index contributed by atoms with van der Waals surface area (Å²) in [5.41, 5.74) is 2.11. The second-order valence-corrected chi connectivity index (χ2v) is 4.42. The average Bonchev–Trinajstić information content (AvgIpc) is 2.47. The number of aromatic hydroxyl groups is 1. The van der Waals surface area contributed by atoms with Crippen LogP contribution in [0.4, 0.5) is 4.39 Å². The fourth-order valence-corrected chi connectivity index (χ4v) is 2.22. The highest BCUT2D eigenvalue weighted by Crippen LogP contribution is 2.34. The van der Waals surface area contributed by atoms with Crippen LogP contribution in [0, 0.1) is 5.82 Å². The molecule has 3 rings (SSSR count). The normalized spacial score (nSPS) is 10.7. The van der Waals surface area contributed by atoms with Crippen molar-refractivity contribution in [3.8, 4) is 22.6 Å². The Morgan fingerprint density at radius 1 is 1.15 bits per heavy atom. The Kier molecular flexibility index (Phi) is 2.99. The zero-order valence-electron chi connectivity index (χ0n) is 10.8. The number of methoxy groups -OCH3 is 1. The van der Waals surface area contributed by atoms with Crippen molar-refractivity contribution >= 4 is 10.9 Å². The molecule has 0 aliphatic heterocycles. The molecule has 0 aliphatic carbocycles. The summed E-state index contributed by atoms with van der Waals surface area (Å²) < 4.78 is 18.8. The minimum atomic E-state index is -0.326. The molecule has 0 radical (unpaired) electrons. The standard InChI is InChI=1S/C16H12FNO2/c1-20-15-8-10(4-5-14(15)19)13-9-12(17)7-11-3-2-6-18-16(11)13/h2-9,19H,1H3. The Morgan fingerprint density at radius 3 is 2.80 bits per heavy atom. The van der Waals surface area contributed by atoms with E-state index in [4.69, 9.17) is 4.74 Å². The summed E-state index contributed by atoms with van der Waals surface area (Å²) in [6.07, 6.45) is 1.67. The number of nitrogens with zero attached hydrogens (tertiary/aromatic N) is 1. The molecule has 1 N–H and O–H groups in total. The lowest BCUT2D eigenvalue weighted by Gasteiger charge is -2.09. The summed E-state index contributed by atoms with van der Waals surface area (Å²) in [5, 5.41) is 10.4. The molecule has 0 spiro atoms. The number of hydrogen-bond acceptors (Lipinski definition) is 3. The lowest BCUT2D eigenvalue weighted by molar-refractivity contribution is 0.373. The van der Waals surface area contributed by atoms with Crippen LogP contribution in [0.2, 0.25) is 0 Å². The number of phenolic OH excluding ortho intramolecular Hbond substituents is 1. The van der Waals surface area contributed by atoms with Gasteiger partial charge in [0.2, 0.25) is 0 Å². The third-order valence-electron chi connectivity index (χ3n) is 3.16. The van der Waals surface area contributed by atoms with Crippen LogP contribution in [-0.4, -0.2) is 17.2 Å². The van der Waals surface area contributed by atoms with E-state index in [1.807, 2.05) is 6.07 Å². The maximum absolute atomic E-state index is 13.7. The van der Waals surface area contributed by atoms with Crippen LogP contribution in [0.25, 0.3) is 22.0 Å². The molecule has 0 bridgehead atoms. The van der Waals surface area contributed by atoms with E-state index in [9.17, 15) is 9.50 Å². The SMILES string of the molecule is COc1cc(-c2cc(F)cc3cccnc23)ccc1O. The first kappa shape index (κ1) is 12.4. The molecule has 3 aromatic rings. The molecule has 0 atom stereocenters. The first-order valence-electron chi connectivity index (χ1n) is 6.10. The molecule has 0 aliphatic rings. The molecule has 4 heteroatoms. The number of hydrogen-bond donors (Lipinski definition) is 1. The fourth-order valence-electron chi connectivity index (χ4n) is 2.22. The number of rotatable bonds is 2. The Labute approximate surface area is 115 Å². The van der Waals surface area contributed by atoms with E-state index in [2.05, 4.69) is 4.98 Å². The third kappa shape index (κ3) is 2.05. The van der Waals surface area contributed by atoms with Gasteiger partial charge >= 0.3 is 0 Å². The molecule has 1 heterocycles. The van der Waals surface area contributed by atoms with Crippen molar-refractivity contribution in [2.75, 3.05) is 7.11 Å². The molecule has 20 heavy (non-hydrogen) atoms. The molecule has 0 amide bonds. The van der Waals surface area contributed by atoms with Crippen molar-refractivity contribution in [1.82, 2.24) is 4.98 Å². The number of aromatic nitrogens is 1. The maximum atomic E-state index is 13.7. The van der Waals surface area contributed by atoms with E-state index in [1.54, 1.807) is 24.4 Å². The van der Waals surface area contributed by atoms with E-state index in [1.165, 1.54) is 25.3 Å². The summed E-state index contributed by atoms with van der Waals surface area (Å²) in [6, 6.07) is 11.4. The van der Waals surface area contributed by atoms with Crippen LogP contribution in [0.5, 0.6) is 11.5 Å². The summed E-state index contributed by atoms with van der Waals surface area (Å²) in [7, 11) is 1.47. The van der Waals surface area contributed by atoms with Gasteiger partial charge in [0.25, 0.3) is 0 Å². The minimum absolute atomic E-state index is 0.0462. The number of halogens is 1. The highest BCUT2D eigenvalue weighted by atomic mass is 19.1. The lowest BCUT2D eigenvalue weighted by atomic mass is 10.0. The molecule has 0 saturated carbocycles. The molecule has 1 aromatic heterocycles. The molecular weight excluding hydrogens is 257 g/mol. The van der Waals surface area contributed by atoms with Gasteiger partial charge in [-0.15, -0.1) is 0 Å². The van der Waals surface area contributed by atoms with Gasteiger partial charge in [-0.2, -0.15) is 0 Å². The first-order chi connectivity index (χ1) is 9.69. The fraction of sp³-hybridized carbons (Fsp3) is 0.0625. The predicted molar refractivity (Wildman–Crippen MR) is 75.4 cm³/mol. The largest absolute Gasteiger partial charge is 0.504 e. The first-order valence-corrected chi connectivity index (χ1v) is 6.10. The number of pyridine rings is 1. The van der Waals surface area contributed by atoms with Crippen molar-refractivity contribution in [3.05, 3.63) is 54.5 Å². The zero-order valence-corrected chi connectivity index (χ0v) is 10.8. The second kappa shape index (κ2) is 4.81. The van der Waals surface area contributed by atoms with Gasteiger partial charge in [-0.05, 0) is 35.9 Å². The van der Waals surface area contributed by atoms with E-state index in [0.29, 0.717) is 16.8 Å².